The van der Waals surface area contributed by atoms with Crippen LogP contribution in [0.5, 0.6) is 0 Å². The van der Waals surface area contributed by atoms with Gasteiger partial charge < -0.3 is 14.8 Å². The number of benzene rings is 1. The topological polar surface area (TPSA) is 90.7 Å². The number of rotatable bonds is 9. The summed E-state index contributed by atoms with van der Waals surface area (Å²) >= 11 is 1.28. The predicted octanol–water partition coefficient (Wildman–Crippen LogP) is 2.63. The molecule has 1 N–H and O–H groups in total. The fourth-order valence-corrected chi connectivity index (χ4v) is 2.99. The fraction of sp³-hybridized carbons (Fsp3) is 0.562. The van der Waals surface area contributed by atoms with E-state index < -0.39 is 4.92 Å². The molecule has 132 valence electrons. The van der Waals surface area contributed by atoms with E-state index >= 15 is 0 Å². The van der Waals surface area contributed by atoms with Crippen molar-refractivity contribution in [2.75, 3.05) is 32.6 Å². The van der Waals surface area contributed by atoms with Crippen LogP contribution in [-0.4, -0.2) is 49.6 Å². The van der Waals surface area contributed by atoms with Gasteiger partial charge in [0, 0.05) is 31.4 Å². The first kappa shape index (κ1) is 18.7. The molecule has 0 radical (unpaired) electrons. The lowest BCUT2D eigenvalue weighted by Gasteiger charge is -2.10. The zero-order chi connectivity index (χ0) is 17.4. The molecule has 0 aliphatic carbocycles. The molecule has 0 bridgehead atoms. The van der Waals surface area contributed by atoms with Gasteiger partial charge in [0.1, 0.15) is 0 Å². The molecule has 0 saturated carbocycles. The van der Waals surface area contributed by atoms with Crippen LogP contribution in [0.25, 0.3) is 0 Å². The molecule has 1 heterocycles. The molecule has 1 atom stereocenters. The lowest BCUT2D eigenvalue weighted by Crippen LogP contribution is -2.25. The summed E-state index contributed by atoms with van der Waals surface area (Å²) in [4.78, 5) is 23.2. The van der Waals surface area contributed by atoms with Crippen molar-refractivity contribution >= 4 is 23.4 Å². The molecule has 8 heteroatoms. The maximum absolute atomic E-state index is 12.1. The zero-order valence-corrected chi connectivity index (χ0v) is 14.5. The number of nitro groups is 1. The van der Waals surface area contributed by atoms with Gasteiger partial charge in [-0.05, 0) is 37.7 Å². The first-order valence-corrected chi connectivity index (χ1v) is 9.14. The van der Waals surface area contributed by atoms with Gasteiger partial charge in [-0.3, -0.25) is 14.9 Å². The maximum Gasteiger partial charge on any atom is 0.283 e. The van der Waals surface area contributed by atoms with Gasteiger partial charge in [0.25, 0.3) is 11.6 Å². The minimum absolute atomic E-state index is 0.0463. The number of carbonyl (C=O) groups excluding carboxylic acids is 1. The SMILES string of the molecule is CSc1ccc(C(=O)NCCCOC[C@@H]2CCCO2)cc1[N+](=O)[O-]. The van der Waals surface area contributed by atoms with Crippen molar-refractivity contribution in [3.05, 3.63) is 33.9 Å². The van der Waals surface area contributed by atoms with E-state index in [-0.39, 0.29) is 17.7 Å². The van der Waals surface area contributed by atoms with E-state index in [1.807, 2.05) is 0 Å². The second-order valence-electron chi connectivity index (χ2n) is 5.46. The van der Waals surface area contributed by atoms with Crippen molar-refractivity contribution in [1.82, 2.24) is 5.32 Å². The van der Waals surface area contributed by atoms with Gasteiger partial charge in [-0.1, -0.05) is 0 Å². The Balaban J connectivity index is 1.72. The third-order valence-corrected chi connectivity index (χ3v) is 4.50. The smallest absolute Gasteiger partial charge is 0.283 e. The van der Waals surface area contributed by atoms with Crippen LogP contribution in [0.4, 0.5) is 5.69 Å². The Hall–Kier alpha value is -1.64. The summed E-state index contributed by atoms with van der Waals surface area (Å²) in [6, 6.07) is 4.51. The summed E-state index contributed by atoms with van der Waals surface area (Å²) in [5.41, 5.74) is 0.245. The normalized spacial score (nSPS) is 17.0. The van der Waals surface area contributed by atoms with Crippen molar-refractivity contribution in [2.45, 2.75) is 30.3 Å². The second-order valence-corrected chi connectivity index (χ2v) is 6.31. The molecule has 2 rings (SSSR count). The highest BCUT2D eigenvalue weighted by molar-refractivity contribution is 7.98. The number of thioether (sulfide) groups is 1. The predicted molar refractivity (Wildman–Crippen MR) is 91.6 cm³/mol. The van der Waals surface area contributed by atoms with Gasteiger partial charge in [-0.25, -0.2) is 0 Å². The summed E-state index contributed by atoms with van der Waals surface area (Å²) < 4.78 is 11.0. The maximum atomic E-state index is 12.1. The average Bonchev–Trinajstić information content (AvgIpc) is 3.10. The Morgan fingerprint density at radius 2 is 2.38 bits per heavy atom. The van der Waals surface area contributed by atoms with E-state index in [9.17, 15) is 14.9 Å². The summed E-state index contributed by atoms with van der Waals surface area (Å²) in [7, 11) is 0. The minimum Gasteiger partial charge on any atom is -0.379 e. The molecule has 1 aliphatic heterocycles. The largest absolute Gasteiger partial charge is 0.379 e. The van der Waals surface area contributed by atoms with Gasteiger partial charge in [0.2, 0.25) is 0 Å². The number of hydrogen-bond donors (Lipinski definition) is 1. The Kier molecular flexibility index (Phi) is 7.48. The van der Waals surface area contributed by atoms with E-state index in [1.54, 1.807) is 18.4 Å². The second kappa shape index (κ2) is 9.61. The van der Waals surface area contributed by atoms with Crippen LogP contribution in [0.1, 0.15) is 29.6 Å². The minimum atomic E-state index is -0.471. The van der Waals surface area contributed by atoms with E-state index in [2.05, 4.69) is 5.32 Å². The fourth-order valence-electron chi connectivity index (χ4n) is 2.44. The van der Waals surface area contributed by atoms with Crippen LogP contribution >= 0.6 is 11.8 Å². The summed E-state index contributed by atoms with van der Waals surface area (Å²) in [6.45, 7) is 2.41. The van der Waals surface area contributed by atoms with E-state index in [0.717, 1.165) is 19.4 Å². The van der Waals surface area contributed by atoms with Crippen LogP contribution in [0.3, 0.4) is 0 Å². The van der Waals surface area contributed by atoms with Crippen LogP contribution in [0.2, 0.25) is 0 Å². The van der Waals surface area contributed by atoms with E-state index in [0.29, 0.717) is 36.6 Å². The molecule has 1 aliphatic rings. The Labute approximate surface area is 145 Å². The van der Waals surface area contributed by atoms with E-state index in [4.69, 9.17) is 9.47 Å². The standard InChI is InChI=1S/C16H22N2O5S/c1-24-15-6-5-12(10-14(15)18(20)21)16(19)17-7-3-8-22-11-13-4-2-9-23-13/h5-6,10,13H,2-4,7-9,11H2,1H3,(H,17,19)/t13-/m0/s1. The molecule has 24 heavy (non-hydrogen) atoms. The molecular weight excluding hydrogens is 332 g/mol. The van der Waals surface area contributed by atoms with Crippen molar-refractivity contribution in [1.29, 1.82) is 0 Å². The molecule has 1 amide bonds. The third-order valence-electron chi connectivity index (χ3n) is 3.72. The van der Waals surface area contributed by atoms with Crippen molar-refractivity contribution in [3.8, 4) is 0 Å². The van der Waals surface area contributed by atoms with Gasteiger partial charge in [-0.15, -0.1) is 11.8 Å². The Morgan fingerprint density at radius 3 is 3.04 bits per heavy atom. The average molecular weight is 354 g/mol. The Morgan fingerprint density at radius 1 is 1.54 bits per heavy atom. The first-order valence-electron chi connectivity index (χ1n) is 7.92. The highest BCUT2D eigenvalue weighted by Crippen LogP contribution is 2.28. The van der Waals surface area contributed by atoms with Gasteiger partial charge >= 0.3 is 0 Å². The number of ether oxygens (including phenoxy) is 2. The molecule has 1 saturated heterocycles. The summed E-state index contributed by atoms with van der Waals surface area (Å²) in [6.07, 6.45) is 4.78. The molecular formula is C16H22N2O5S. The van der Waals surface area contributed by atoms with Crippen LogP contribution < -0.4 is 5.32 Å². The van der Waals surface area contributed by atoms with Gasteiger partial charge in [-0.2, -0.15) is 0 Å². The number of nitro benzene ring substituents is 1. The highest BCUT2D eigenvalue weighted by Gasteiger charge is 2.17. The number of amides is 1. The van der Waals surface area contributed by atoms with Crippen LogP contribution in [-0.2, 0) is 9.47 Å². The lowest BCUT2D eigenvalue weighted by atomic mass is 10.2. The van der Waals surface area contributed by atoms with E-state index in [1.165, 1.54) is 17.8 Å². The van der Waals surface area contributed by atoms with Gasteiger partial charge in [0.05, 0.1) is 22.5 Å². The molecule has 7 nitrogen and oxygen atoms in total. The Bertz CT molecular complexity index is 576. The van der Waals surface area contributed by atoms with Crippen molar-refractivity contribution in [3.63, 3.8) is 0 Å². The first-order chi connectivity index (χ1) is 11.6. The third kappa shape index (κ3) is 5.47. The lowest BCUT2D eigenvalue weighted by molar-refractivity contribution is -0.387. The molecule has 1 fully saturated rings. The van der Waals surface area contributed by atoms with Crippen LogP contribution in [0, 0.1) is 10.1 Å². The molecule has 0 spiro atoms. The molecule has 0 aromatic heterocycles. The highest BCUT2D eigenvalue weighted by atomic mass is 32.2. The quantitative estimate of drug-likeness (QED) is 0.317. The van der Waals surface area contributed by atoms with Crippen LogP contribution in [0.15, 0.2) is 23.1 Å². The van der Waals surface area contributed by atoms with Crippen molar-refractivity contribution < 1.29 is 19.2 Å². The zero-order valence-electron chi connectivity index (χ0n) is 13.7. The van der Waals surface area contributed by atoms with Crippen molar-refractivity contribution in [2.24, 2.45) is 0 Å². The molecule has 1 aromatic rings. The molecule has 1 aromatic carbocycles. The summed E-state index contributed by atoms with van der Waals surface area (Å²) in [5, 5.41) is 13.8. The van der Waals surface area contributed by atoms with Gasteiger partial charge in [0.15, 0.2) is 0 Å². The number of hydrogen-bond acceptors (Lipinski definition) is 6. The number of carbonyl (C=O) groups is 1. The number of nitrogens with one attached hydrogen (secondary N) is 1. The summed E-state index contributed by atoms with van der Waals surface area (Å²) in [5.74, 6) is -0.315. The molecule has 0 unspecified atom stereocenters. The monoisotopic (exact) mass is 354 g/mol. The number of nitrogens with zero attached hydrogens (tertiary/aromatic N) is 1.